The van der Waals surface area contributed by atoms with Gasteiger partial charge in [-0.2, -0.15) is 0 Å². The van der Waals surface area contributed by atoms with Gasteiger partial charge in [0.1, 0.15) is 18.2 Å². The lowest BCUT2D eigenvalue weighted by molar-refractivity contribution is -0.153. The van der Waals surface area contributed by atoms with Crippen molar-refractivity contribution in [3.05, 3.63) is 0 Å². The Labute approximate surface area is 101 Å². The Morgan fingerprint density at radius 1 is 1.59 bits per heavy atom. The minimum Gasteiger partial charge on any atom is -0.462 e. The molecule has 1 aliphatic heterocycles. The van der Waals surface area contributed by atoms with Gasteiger partial charge in [-0.25, -0.2) is 9.59 Å². The van der Waals surface area contributed by atoms with E-state index >= 15 is 0 Å². The summed E-state index contributed by atoms with van der Waals surface area (Å²) in [5, 5.41) is 2.47. The van der Waals surface area contributed by atoms with Crippen LogP contribution in [0.2, 0.25) is 0 Å². The Kier molecular flexibility index (Phi) is 3.66. The van der Waals surface area contributed by atoms with E-state index in [0.29, 0.717) is 6.42 Å². The van der Waals surface area contributed by atoms with Crippen molar-refractivity contribution in [1.82, 2.24) is 5.32 Å². The van der Waals surface area contributed by atoms with Gasteiger partial charge >= 0.3 is 12.1 Å². The number of alkyl carbamates (subject to hydrolysis) is 1. The summed E-state index contributed by atoms with van der Waals surface area (Å²) in [6, 6.07) is -0.742. The first-order chi connectivity index (χ1) is 7.59. The lowest BCUT2D eigenvalue weighted by Crippen LogP contribution is -2.57. The van der Waals surface area contributed by atoms with Crippen molar-refractivity contribution in [2.24, 2.45) is 5.73 Å². The highest BCUT2D eigenvalue weighted by atomic mass is 16.6. The van der Waals surface area contributed by atoms with Crippen LogP contribution in [0.25, 0.3) is 0 Å². The SMILES string of the molecule is CC1(N)COC(=O)C(NC(=O)OC(C)(C)C)C1. The normalized spacial score (nSPS) is 29.5. The molecule has 0 radical (unpaired) electrons. The topological polar surface area (TPSA) is 90.6 Å². The Hall–Kier alpha value is -1.30. The number of nitrogens with one attached hydrogen (secondary N) is 1. The van der Waals surface area contributed by atoms with Gasteiger partial charge in [-0.05, 0) is 34.1 Å². The smallest absolute Gasteiger partial charge is 0.408 e. The zero-order valence-corrected chi connectivity index (χ0v) is 10.7. The summed E-state index contributed by atoms with van der Waals surface area (Å²) in [5.74, 6) is -0.473. The van der Waals surface area contributed by atoms with E-state index < -0.39 is 29.2 Å². The van der Waals surface area contributed by atoms with Crippen molar-refractivity contribution < 1.29 is 19.1 Å². The van der Waals surface area contributed by atoms with Crippen molar-refractivity contribution in [2.75, 3.05) is 6.61 Å². The molecule has 0 saturated carbocycles. The molecule has 1 rings (SSSR count). The molecule has 6 nitrogen and oxygen atoms in total. The summed E-state index contributed by atoms with van der Waals surface area (Å²) >= 11 is 0. The second kappa shape index (κ2) is 4.52. The van der Waals surface area contributed by atoms with Crippen molar-refractivity contribution in [1.29, 1.82) is 0 Å². The van der Waals surface area contributed by atoms with Gasteiger partial charge in [-0.15, -0.1) is 0 Å². The number of hydrogen-bond acceptors (Lipinski definition) is 5. The van der Waals surface area contributed by atoms with E-state index in [4.69, 9.17) is 15.2 Å². The van der Waals surface area contributed by atoms with Gasteiger partial charge in [-0.3, -0.25) is 0 Å². The van der Waals surface area contributed by atoms with Gasteiger partial charge in [0.2, 0.25) is 0 Å². The quantitative estimate of drug-likeness (QED) is 0.657. The van der Waals surface area contributed by atoms with Gasteiger partial charge in [-0.1, -0.05) is 0 Å². The second-order valence-corrected chi connectivity index (χ2v) is 5.66. The van der Waals surface area contributed by atoms with Crippen molar-refractivity contribution >= 4 is 12.1 Å². The first-order valence-electron chi connectivity index (χ1n) is 5.54. The Morgan fingerprint density at radius 3 is 2.71 bits per heavy atom. The highest BCUT2D eigenvalue weighted by molar-refractivity contribution is 5.82. The number of carbonyl (C=O) groups excluding carboxylic acids is 2. The van der Waals surface area contributed by atoms with Crippen molar-refractivity contribution in [3.8, 4) is 0 Å². The van der Waals surface area contributed by atoms with Crippen LogP contribution in [-0.2, 0) is 14.3 Å². The molecule has 0 aromatic carbocycles. The minimum absolute atomic E-state index is 0.165. The molecule has 0 aromatic heterocycles. The Balaban J connectivity index is 2.55. The summed E-state index contributed by atoms with van der Waals surface area (Å²) in [4.78, 5) is 22.9. The van der Waals surface area contributed by atoms with Crippen LogP contribution < -0.4 is 11.1 Å². The predicted octanol–water partition coefficient (Wildman–Crippen LogP) is 0.544. The standard InChI is InChI=1S/C11H20N2O4/c1-10(2,3)17-9(15)13-7-5-11(4,12)6-16-8(7)14/h7H,5-6,12H2,1-4H3,(H,13,15). The van der Waals surface area contributed by atoms with E-state index in [1.54, 1.807) is 27.7 Å². The minimum atomic E-state index is -0.742. The van der Waals surface area contributed by atoms with Crippen LogP contribution in [0.5, 0.6) is 0 Å². The van der Waals surface area contributed by atoms with Crippen molar-refractivity contribution in [3.63, 3.8) is 0 Å². The van der Waals surface area contributed by atoms with Crippen LogP contribution in [0.15, 0.2) is 0 Å². The fourth-order valence-electron chi connectivity index (χ4n) is 1.50. The van der Waals surface area contributed by atoms with Gasteiger partial charge < -0.3 is 20.5 Å². The number of hydrogen-bond donors (Lipinski definition) is 2. The molecule has 0 aromatic rings. The summed E-state index contributed by atoms with van der Waals surface area (Å²) in [6.45, 7) is 7.18. The fourth-order valence-corrected chi connectivity index (χ4v) is 1.50. The molecule has 6 heteroatoms. The maximum absolute atomic E-state index is 11.5. The molecule has 1 aliphatic rings. The number of carbonyl (C=O) groups is 2. The lowest BCUT2D eigenvalue weighted by atomic mass is 9.93. The van der Waals surface area contributed by atoms with Crippen LogP contribution in [-0.4, -0.2) is 35.9 Å². The van der Waals surface area contributed by atoms with Gasteiger partial charge in [0.05, 0.1) is 0 Å². The molecule has 1 fully saturated rings. The number of amides is 1. The number of cyclic esters (lactones) is 1. The van der Waals surface area contributed by atoms with E-state index in [2.05, 4.69) is 5.32 Å². The molecule has 0 aliphatic carbocycles. The fraction of sp³-hybridized carbons (Fsp3) is 0.818. The first kappa shape index (κ1) is 13.8. The number of nitrogens with two attached hydrogens (primary N) is 1. The average Bonchev–Trinajstić information content (AvgIpc) is 2.07. The van der Waals surface area contributed by atoms with Gasteiger partial charge in [0.15, 0.2) is 0 Å². The molecule has 0 spiro atoms. The van der Waals surface area contributed by atoms with Crippen LogP contribution in [0.1, 0.15) is 34.1 Å². The van der Waals surface area contributed by atoms with Crippen LogP contribution in [0, 0.1) is 0 Å². The van der Waals surface area contributed by atoms with Crippen LogP contribution in [0.4, 0.5) is 4.79 Å². The molecule has 17 heavy (non-hydrogen) atoms. The summed E-state index contributed by atoms with van der Waals surface area (Å²) in [7, 11) is 0. The molecule has 1 amide bonds. The van der Waals surface area contributed by atoms with Crippen LogP contribution >= 0.6 is 0 Å². The third kappa shape index (κ3) is 4.60. The van der Waals surface area contributed by atoms with E-state index in [-0.39, 0.29) is 6.61 Å². The molecule has 3 N–H and O–H groups in total. The third-order valence-corrected chi connectivity index (χ3v) is 2.19. The molecule has 98 valence electrons. The second-order valence-electron chi connectivity index (χ2n) is 5.66. The van der Waals surface area contributed by atoms with Gasteiger partial charge in [0, 0.05) is 5.54 Å². The summed E-state index contributed by atoms with van der Waals surface area (Å²) in [5.41, 5.74) is 4.64. The van der Waals surface area contributed by atoms with E-state index in [1.165, 1.54) is 0 Å². The zero-order valence-electron chi connectivity index (χ0n) is 10.7. The largest absolute Gasteiger partial charge is 0.462 e. The zero-order chi connectivity index (χ0) is 13.3. The van der Waals surface area contributed by atoms with Crippen LogP contribution in [0.3, 0.4) is 0 Å². The molecule has 1 heterocycles. The summed E-state index contributed by atoms with van der Waals surface area (Å²) in [6.07, 6.45) is -0.303. The maximum atomic E-state index is 11.5. The highest BCUT2D eigenvalue weighted by Gasteiger charge is 2.37. The maximum Gasteiger partial charge on any atom is 0.408 e. The number of esters is 1. The monoisotopic (exact) mass is 244 g/mol. The lowest BCUT2D eigenvalue weighted by Gasteiger charge is -2.34. The molecule has 2 unspecified atom stereocenters. The molecular weight excluding hydrogens is 224 g/mol. The average molecular weight is 244 g/mol. The molecule has 1 saturated heterocycles. The Morgan fingerprint density at radius 2 is 2.18 bits per heavy atom. The molecule has 0 bridgehead atoms. The molecular formula is C11H20N2O4. The van der Waals surface area contributed by atoms with E-state index in [0.717, 1.165) is 0 Å². The van der Waals surface area contributed by atoms with E-state index in [1.807, 2.05) is 0 Å². The van der Waals surface area contributed by atoms with Gasteiger partial charge in [0.25, 0.3) is 0 Å². The molecule has 2 atom stereocenters. The predicted molar refractivity (Wildman–Crippen MR) is 61.3 cm³/mol. The number of ether oxygens (including phenoxy) is 2. The summed E-state index contributed by atoms with van der Waals surface area (Å²) < 4.78 is 9.96. The highest BCUT2D eigenvalue weighted by Crippen LogP contribution is 2.17. The van der Waals surface area contributed by atoms with E-state index in [9.17, 15) is 9.59 Å². The number of rotatable bonds is 1. The van der Waals surface area contributed by atoms with Crippen molar-refractivity contribution in [2.45, 2.75) is 51.3 Å². The first-order valence-corrected chi connectivity index (χ1v) is 5.54. The Bertz CT molecular complexity index is 320. The third-order valence-electron chi connectivity index (χ3n) is 2.19.